The minimum atomic E-state index is 0.594. The third kappa shape index (κ3) is 1.67. The summed E-state index contributed by atoms with van der Waals surface area (Å²) in [5.74, 6) is 0. The van der Waals surface area contributed by atoms with E-state index in [1.54, 1.807) is 0 Å². The lowest BCUT2D eigenvalue weighted by atomic mass is 9.92. The first-order valence-electron chi connectivity index (χ1n) is 3.56. The molecule has 0 aromatic heterocycles. The Balaban J connectivity index is 3.31. The molecule has 2 radical (unpaired) electrons. The van der Waals surface area contributed by atoms with Crippen molar-refractivity contribution in [1.29, 1.82) is 0 Å². The lowest BCUT2D eigenvalue weighted by Crippen LogP contribution is -2.08. The Hall–Kier alpha value is -0.825. The fourth-order valence-corrected chi connectivity index (χ4v) is 1.06. The summed E-state index contributed by atoms with van der Waals surface area (Å²) in [5.41, 5.74) is 8.76. The van der Waals surface area contributed by atoms with Gasteiger partial charge in [-0.05, 0) is 18.6 Å². The molecule has 0 fully saturated rings. The van der Waals surface area contributed by atoms with E-state index in [9.17, 15) is 0 Å². The molecule has 0 aliphatic carbocycles. The van der Waals surface area contributed by atoms with Crippen LogP contribution in [0.4, 0.5) is 5.69 Å². The average Bonchev–Trinajstić information content (AvgIpc) is 1.99. The smallest absolute Gasteiger partial charge is 0.115 e. The van der Waals surface area contributed by atoms with Crippen LogP contribution in [0.2, 0.25) is 0 Å². The zero-order valence-corrected chi connectivity index (χ0v) is 7.86. The largest absolute Gasteiger partial charge is 0.398 e. The van der Waals surface area contributed by atoms with E-state index in [-0.39, 0.29) is 0 Å². The van der Waals surface area contributed by atoms with Crippen LogP contribution >= 0.6 is 12.6 Å². The first kappa shape index (κ1) is 9.26. The van der Waals surface area contributed by atoms with Crippen molar-refractivity contribution in [2.75, 3.05) is 5.73 Å². The highest BCUT2D eigenvalue weighted by molar-refractivity contribution is 7.80. The normalized spacial score (nSPS) is 9.83. The van der Waals surface area contributed by atoms with Crippen LogP contribution in [-0.2, 0) is 0 Å². The summed E-state index contributed by atoms with van der Waals surface area (Å²) in [6, 6.07) is 3.64. The topological polar surface area (TPSA) is 26.0 Å². The second-order valence-corrected chi connectivity index (χ2v) is 3.23. The van der Waals surface area contributed by atoms with Crippen LogP contribution < -0.4 is 11.2 Å². The van der Waals surface area contributed by atoms with E-state index in [0.717, 1.165) is 11.1 Å². The third-order valence-corrected chi connectivity index (χ3v) is 2.18. The monoisotopic (exact) mass is 175 g/mol. The summed E-state index contributed by atoms with van der Waals surface area (Å²) < 4.78 is 0. The summed E-state index contributed by atoms with van der Waals surface area (Å²) in [6.07, 6.45) is 0. The number of anilines is 1. The van der Waals surface area contributed by atoms with E-state index in [1.807, 2.05) is 19.1 Å². The summed E-state index contributed by atoms with van der Waals surface area (Å²) >= 11 is 4.15. The van der Waals surface area contributed by atoms with Crippen LogP contribution in [0.3, 0.4) is 0 Å². The Morgan fingerprint density at radius 1 is 1.58 bits per heavy atom. The molecule has 1 rings (SSSR count). The van der Waals surface area contributed by atoms with Gasteiger partial charge in [0.05, 0.1) is 0 Å². The Bertz CT molecular complexity index is 310. The van der Waals surface area contributed by atoms with Crippen molar-refractivity contribution in [2.24, 2.45) is 0 Å². The maximum Gasteiger partial charge on any atom is 0.115 e. The van der Waals surface area contributed by atoms with Gasteiger partial charge in [-0.25, -0.2) is 0 Å². The lowest BCUT2D eigenvalue weighted by Gasteiger charge is -2.07. The predicted octanol–water partition coefficient (Wildman–Crippen LogP) is 1.38. The van der Waals surface area contributed by atoms with E-state index in [2.05, 4.69) is 19.2 Å². The predicted molar refractivity (Wildman–Crippen MR) is 58.2 cm³/mol. The number of allylic oxidation sites excluding steroid dienone is 1. The molecule has 0 atom stereocenters. The Kier molecular flexibility index (Phi) is 2.53. The molecular formula is C9H10BNS. The number of hydrogen-bond donors (Lipinski definition) is 2. The van der Waals surface area contributed by atoms with Gasteiger partial charge in [-0.3, -0.25) is 0 Å². The van der Waals surface area contributed by atoms with Gasteiger partial charge in [-0.1, -0.05) is 23.7 Å². The van der Waals surface area contributed by atoms with Crippen molar-refractivity contribution in [3.05, 3.63) is 24.3 Å². The van der Waals surface area contributed by atoms with E-state index in [0.29, 0.717) is 16.0 Å². The van der Waals surface area contributed by atoms with E-state index in [1.165, 1.54) is 0 Å². The highest BCUT2D eigenvalue weighted by Gasteiger charge is 2.01. The molecule has 3 heteroatoms. The molecule has 0 unspecified atom stereocenters. The minimum absolute atomic E-state index is 0.594. The van der Waals surface area contributed by atoms with Crippen molar-refractivity contribution < 1.29 is 0 Å². The number of rotatable bonds is 1. The summed E-state index contributed by atoms with van der Waals surface area (Å²) in [7, 11) is 5.66. The second-order valence-electron chi connectivity index (χ2n) is 2.78. The molecule has 1 aromatic carbocycles. The number of benzene rings is 1. The SMILES string of the molecule is [B]c1cc(C(=C)C)cc(N)c1S. The number of nitrogen functional groups attached to an aromatic ring is 1. The molecule has 0 spiro atoms. The van der Waals surface area contributed by atoms with Gasteiger partial charge < -0.3 is 5.73 Å². The highest BCUT2D eigenvalue weighted by Crippen LogP contribution is 2.19. The first-order chi connectivity index (χ1) is 5.52. The molecule has 0 aliphatic heterocycles. The second kappa shape index (κ2) is 3.27. The lowest BCUT2D eigenvalue weighted by molar-refractivity contribution is 1.49. The van der Waals surface area contributed by atoms with Crippen LogP contribution in [-0.4, -0.2) is 7.85 Å². The van der Waals surface area contributed by atoms with Crippen LogP contribution in [0.5, 0.6) is 0 Å². The van der Waals surface area contributed by atoms with Gasteiger partial charge in [-0.15, -0.1) is 12.6 Å². The Morgan fingerprint density at radius 2 is 2.17 bits per heavy atom. The zero-order valence-electron chi connectivity index (χ0n) is 6.96. The molecule has 0 heterocycles. The molecule has 1 aromatic rings. The molecule has 0 aliphatic rings. The maximum absolute atomic E-state index is 5.66. The van der Waals surface area contributed by atoms with Crippen LogP contribution in [0.25, 0.3) is 5.57 Å². The zero-order chi connectivity index (χ0) is 9.30. The van der Waals surface area contributed by atoms with Crippen molar-refractivity contribution in [3.8, 4) is 0 Å². The van der Waals surface area contributed by atoms with E-state index in [4.69, 9.17) is 13.6 Å². The molecule has 12 heavy (non-hydrogen) atoms. The number of hydrogen-bond acceptors (Lipinski definition) is 2. The Labute approximate surface area is 79.5 Å². The fourth-order valence-electron chi connectivity index (χ4n) is 0.927. The maximum atomic E-state index is 5.66. The molecule has 2 N–H and O–H groups in total. The summed E-state index contributed by atoms with van der Waals surface area (Å²) in [6.45, 7) is 5.71. The molecule has 1 nitrogen and oxygen atoms in total. The van der Waals surface area contributed by atoms with Gasteiger partial charge in [0.15, 0.2) is 0 Å². The van der Waals surface area contributed by atoms with Crippen molar-refractivity contribution >= 4 is 37.2 Å². The van der Waals surface area contributed by atoms with Crippen molar-refractivity contribution in [3.63, 3.8) is 0 Å². The number of thiol groups is 1. The van der Waals surface area contributed by atoms with E-state index >= 15 is 0 Å². The van der Waals surface area contributed by atoms with Gasteiger partial charge in [0, 0.05) is 10.6 Å². The molecule has 0 saturated carbocycles. The summed E-state index contributed by atoms with van der Waals surface area (Å²) in [4.78, 5) is 0.639. The quantitative estimate of drug-likeness (QED) is 0.376. The summed E-state index contributed by atoms with van der Waals surface area (Å²) in [5, 5.41) is 0. The van der Waals surface area contributed by atoms with Crippen LogP contribution in [0.1, 0.15) is 12.5 Å². The molecule has 0 saturated heterocycles. The first-order valence-corrected chi connectivity index (χ1v) is 4.01. The van der Waals surface area contributed by atoms with Crippen LogP contribution in [0, 0.1) is 0 Å². The van der Waals surface area contributed by atoms with Gasteiger partial charge in [0.2, 0.25) is 0 Å². The average molecular weight is 175 g/mol. The van der Waals surface area contributed by atoms with E-state index < -0.39 is 0 Å². The van der Waals surface area contributed by atoms with Gasteiger partial charge in [0.25, 0.3) is 0 Å². The number of nitrogens with two attached hydrogens (primary N) is 1. The minimum Gasteiger partial charge on any atom is -0.398 e. The van der Waals surface area contributed by atoms with Gasteiger partial charge in [-0.2, -0.15) is 0 Å². The van der Waals surface area contributed by atoms with Gasteiger partial charge >= 0.3 is 0 Å². The van der Waals surface area contributed by atoms with Crippen molar-refractivity contribution in [1.82, 2.24) is 0 Å². The third-order valence-electron chi connectivity index (χ3n) is 1.66. The molecule has 60 valence electrons. The van der Waals surface area contributed by atoms with Crippen molar-refractivity contribution in [2.45, 2.75) is 11.8 Å². The molecular weight excluding hydrogens is 165 g/mol. The molecule has 0 bridgehead atoms. The Morgan fingerprint density at radius 3 is 2.58 bits per heavy atom. The fraction of sp³-hybridized carbons (Fsp3) is 0.111. The standard InChI is InChI=1S/C9H10BNS/c1-5(2)6-3-7(10)9(12)8(11)4-6/h3-4,12H,1,11H2,2H3. The van der Waals surface area contributed by atoms with Crippen LogP contribution in [0.15, 0.2) is 23.6 Å². The van der Waals surface area contributed by atoms with Gasteiger partial charge in [0.1, 0.15) is 7.85 Å². The highest BCUT2D eigenvalue weighted by atomic mass is 32.1. The molecule has 0 amide bonds.